The number of carbonyl (C=O) groups excluding carboxylic acids is 1. The lowest BCUT2D eigenvalue weighted by atomic mass is 10.00. The highest BCUT2D eigenvalue weighted by atomic mass is 16.5. The van der Waals surface area contributed by atoms with Crippen LogP contribution < -0.4 is 10.1 Å². The van der Waals surface area contributed by atoms with Crippen LogP contribution in [0.5, 0.6) is 5.75 Å². The molecule has 0 aliphatic heterocycles. The molecular formula is C21H18N4O3. The summed E-state index contributed by atoms with van der Waals surface area (Å²) in [4.78, 5) is 13.0. The molecule has 1 aliphatic rings. The number of benzene rings is 2. The number of nitrogens with zero attached hydrogens (tertiary/aromatic N) is 2. The second-order valence-corrected chi connectivity index (χ2v) is 7.02. The van der Waals surface area contributed by atoms with Crippen LogP contribution >= 0.6 is 0 Å². The molecule has 5 rings (SSSR count). The van der Waals surface area contributed by atoms with Gasteiger partial charge in [0, 0.05) is 22.7 Å². The van der Waals surface area contributed by atoms with E-state index in [4.69, 9.17) is 9.26 Å². The maximum absolute atomic E-state index is 13.0. The summed E-state index contributed by atoms with van der Waals surface area (Å²) in [6.45, 7) is 0. The number of anilines is 1. The standard InChI is InChI=1S/C21H18N4O3/c1-27-16-4-2-3-13(9-16)18-11-19(25-28-18)21(7-8-21)20(26)23-15-6-5-14-12-22-24-17(14)10-15/h2-6,9-12H,7-8H2,1H3,(H,22,24)(H,23,26). The summed E-state index contributed by atoms with van der Waals surface area (Å²) >= 11 is 0. The molecule has 140 valence electrons. The number of carbonyl (C=O) groups is 1. The maximum Gasteiger partial charge on any atom is 0.236 e. The SMILES string of the molecule is COc1cccc(-c2cc(C3(C(=O)Nc4ccc5cn[nH]c5c4)CC3)no2)c1. The van der Waals surface area contributed by atoms with Crippen LogP contribution in [0.1, 0.15) is 18.5 Å². The Balaban J connectivity index is 1.39. The van der Waals surface area contributed by atoms with Crippen LogP contribution in [0.3, 0.4) is 0 Å². The molecule has 0 spiro atoms. The molecule has 0 unspecified atom stereocenters. The number of methoxy groups -OCH3 is 1. The van der Waals surface area contributed by atoms with Crippen LogP contribution in [0.4, 0.5) is 5.69 Å². The van der Waals surface area contributed by atoms with Crippen molar-refractivity contribution in [1.29, 1.82) is 0 Å². The molecule has 7 heteroatoms. The number of hydrogen-bond donors (Lipinski definition) is 2. The number of hydrogen-bond acceptors (Lipinski definition) is 5. The lowest BCUT2D eigenvalue weighted by molar-refractivity contribution is -0.118. The molecule has 0 atom stereocenters. The van der Waals surface area contributed by atoms with Gasteiger partial charge in [-0.25, -0.2) is 0 Å². The van der Waals surface area contributed by atoms with Crippen LogP contribution in [0, 0.1) is 0 Å². The van der Waals surface area contributed by atoms with Crippen molar-refractivity contribution in [2.45, 2.75) is 18.3 Å². The van der Waals surface area contributed by atoms with Crippen LogP contribution in [0.15, 0.2) is 59.3 Å². The number of amides is 1. The fourth-order valence-corrected chi connectivity index (χ4v) is 3.40. The van der Waals surface area contributed by atoms with E-state index in [0.717, 1.165) is 40.7 Å². The number of aromatic amines is 1. The first kappa shape index (κ1) is 16.6. The summed E-state index contributed by atoms with van der Waals surface area (Å²) in [5.74, 6) is 1.28. The van der Waals surface area contributed by atoms with E-state index in [1.165, 1.54) is 0 Å². The van der Waals surface area contributed by atoms with Gasteiger partial charge in [-0.3, -0.25) is 9.89 Å². The van der Waals surface area contributed by atoms with Crippen LogP contribution in [0.25, 0.3) is 22.2 Å². The molecule has 2 aromatic heterocycles. The summed E-state index contributed by atoms with van der Waals surface area (Å²) < 4.78 is 10.8. The molecule has 1 saturated carbocycles. The predicted octanol–water partition coefficient (Wildman–Crippen LogP) is 3.90. The number of nitrogens with one attached hydrogen (secondary N) is 2. The second kappa shape index (κ2) is 6.23. The van der Waals surface area contributed by atoms with Crippen molar-refractivity contribution in [1.82, 2.24) is 15.4 Å². The Morgan fingerprint density at radius 3 is 2.93 bits per heavy atom. The van der Waals surface area contributed by atoms with E-state index in [1.807, 2.05) is 48.5 Å². The first-order valence-corrected chi connectivity index (χ1v) is 9.04. The van der Waals surface area contributed by atoms with Crippen molar-refractivity contribution in [3.8, 4) is 17.1 Å². The first-order valence-electron chi connectivity index (χ1n) is 9.04. The zero-order chi connectivity index (χ0) is 19.1. The lowest BCUT2D eigenvalue weighted by Gasteiger charge is -2.12. The highest BCUT2D eigenvalue weighted by Gasteiger charge is 2.53. The smallest absolute Gasteiger partial charge is 0.236 e. The third-order valence-electron chi connectivity index (χ3n) is 5.24. The topological polar surface area (TPSA) is 93.0 Å². The number of fused-ring (bicyclic) bond motifs is 1. The number of aromatic nitrogens is 3. The number of ether oxygens (including phenoxy) is 1. The highest BCUT2D eigenvalue weighted by Crippen LogP contribution is 2.49. The fraction of sp³-hybridized carbons (Fsp3) is 0.190. The minimum Gasteiger partial charge on any atom is -0.497 e. The molecular weight excluding hydrogens is 356 g/mol. The average molecular weight is 374 g/mol. The molecule has 1 fully saturated rings. The Hall–Kier alpha value is -3.61. The Kier molecular flexibility index (Phi) is 3.68. The van der Waals surface area contributed by atoms with Crippen molar-refractivity contribution in [2.24, 2.45) is 0 Å². The summed E-state index contributed by atoms with van der Waals surface area (Å²) in [6, 6.07) is 15.1. The van der Waals surface area contributed by atoms with Crippen LogP contribution in [-0.4, -0.2) is 28.4 Å². The quantitative estimate of drug-likeness (QED) is 0.553. The van der Waals surface area contributed by atoms with Crippen molar-refractivity contribution in [3.05, 3.63) is 60.4 Å². The van der Waals surface area contributed by atoms with Gasteiger partial charge in [-0.15, -0.1) is 0 Å². The van der Waals surface area contributed by atoms with E-state index < -0.39 is 5.41 Å². The fourth-order valence-electron chi connectivity index (χ4n) is 3.40. The molecule has 28 heavy (non-hydrogen) atoms. The monoisotopic (exact) mass is 374 g/mol. The van der Waals surface area contributed by atoms with Gasteiger partial charge in [0.15, 0.2) is 5.76 Å². The van der Waals surface area contributed by atoms with Gasteiger partial charge < -0.3 is 14.6 Å². The number of H-pyrrole nitrogens is 1. The van der Waals surface area contributed by atoms with E-state index in [1.54, 1.807) is 13.3 Å². The zero-order valence-electron chi connectivity index (χ0n) is 15.2. The van der Waals surface area contributed by atoms with Crippen molar-refractivity contribution in [2.75, 3.05) is 12.4 Å². The summed E-state index contributed by atoms with van der Waals surface area (Å²) in [5.41, 5.74) is 2.49. The molecule has 2 aromatic carbocycles. The molecule has 0 saturated heterocycles. The summed E-state index contributed by atoms with van der Waals surface area (Å²) in [7, 11) is 1.62. The van der Waals surface area contributed by atoms with Crippen molar-refractivity contribution >= 4 is 22.5 Å². The van der Waals surface area contributed by atoms with E-state index >= 15 is 0 Å². The molecule has 2 N–H and O–H groups in total. The van der Waals surface area contributed by atoms with Gasteiger partial charge in [-0.1, -0.05) is 17.3 Å². The average Bonchev–Trinajstić information content (AvgIpc) is 3.16. The van der Waals surface area contributed by atoms with Crippen LogP contribution in [0.2, 0.25) is 0 Å². The molecule has 0 bridgehead atoms. The Labute approximate surface area is 160 Å². The van der Waals surface area contributed by atoms with Gasteiger partial charge in [-0.05, 0) is 43.2 Å². The summed E-state index contributed by atoms with van der Waals surface area (Å²) in [5, 5.41) is 15.1. The normalized spacial score (nSPS) is 14.8. The van der Waals surface area contributed by atoms with Gasteiger partial charge in [0.2, 0.25) is 5.91 Å². The molecule has 7 nitrogen and oxygen atoms in total. The summed E-state index contributed by atoms with van der Waals surface area (Å²) in [6.07, 6.45) is 3.24. The first-order chi connectivity index (χ1) is 13.7. The molecule has 0 radical (unpaired) electrons. The van der Waals surface area contributed by atoms with E-state index in [0.29, 0.717) is 11.5 Å². The Morgan fingerprint density at radius 2 is 2.11 bits per heavy atom. The third-order valence-corrected chi connectivity index (χ3v) is 5.24. The van der Waals surface area contributed by atoms with Crippen molar-refractivity contribution < 1.29 is 14.1 Å². The lowest BCUT2D eigenvalue weighted by Crippen LogP contribution is -2.28. The second-order valence-electron chi connectivity index (χ2n) is 7.02. The van der Waals surface area contributed by atoms with Gasteiger partial charge in [0.05, 0.1) is 29.9 Å². The largest absolute Gasteiger partial charge is 0.497 e. The third kappa shape index (κ3) is 2.72. The van der Waals surface area contributed by atoms with Gasteiger partial charge >= 0.3 is 0 Å². The van der Waals surface area contributed by atoms with Gasteiger partial charge in [-0.2, -0.15) is 5.10 Å². The Morgan fingerprint density at radius 1 is 1.21 bits per heavy atom. The van der Waals surface area contributed by atoms with Gasteiger partial charge in [0.25, 0.3) is 0 Å². The minimum atomic E-state index is -0.635. The van der Waals surface area contributed by atoms with Crippen molar-refractivity contribution in [3.63, 3.8) is 0 Å². The Bertz CT molecular complexity index is 1170. The van der Waals surface area contributed by atoms with Crippen LogP contribution in [-0.2, 0) is 10.2 Å². The molecule has 4 aromatic rings. The van der Waals surface area contributed by atoms with E-state index in [2.05, 4.69) is 20.7 Å². The minimum absolute atomic E-state index is 0.0724. The predicted molar refractivity (Wildman–Crippen MR) is 104 cm³/mol. The van der Waals surface area contributed by atoms with E-state index in [9.17, 15) is 4.79 Å². The van der Waals surface area contributed by atoms with E-state index in [-0.39, 0.29) is 5.91 Å². The molecule has 1 aliphatic carbocycles. The number of rotatable bonds is 5. The highest BCUT2D eigenvalue weighted by molar-refractivity contribution is 6.02. The molecule has 2 heterocycles. The molecule has 1 amide bonds. The van der Waals surface area contributed by atoms with Gasteiger partial charge in [0.1, 0.15) is 5.75 Å². The maximum atomic E-state index is 13.0. The zero-order valence-corrected chi connectivity index (χ0v) is 15.2.